The van der Waals surface area contributed by atoms with Gasteiger partial charge in [0.25, 0.3) is 5.91 Å². The van der Waals surface area contributed by atoms with E-state index in [0.29, 0.717) is 11.6 Å². The average Bonchev–Trinajstić information content (AvgIpc) is 2.98. The van der Waals surface area contributed by atoms with Crippen LogP contribution in [0.2, 0.25) is 0 Å². The Labute approximate surface area is 114 Å². The standard InChI is InChI=1S/C16H22N2O/c1-10-6-14(17)4-5-15(10)16(19)18-9-13-8-11-2-3-12(13)7-11/h4-6,11-13H,2-3,7-9,17H2,1H3,(H,18,19). The summed E-state index contributed by atoms with van der Waals surface area (Å²) in [5, 5.41) is 3.11. The predicted molar refractivity (Wildman–Crippen MR) is 76.9 cm³/mol. The predicted octanol–water partition coefficient (Wildman–Crippen LogP) is 2.74. The topological polar surface area (TPSA) is 55.1 Å². The molecule has 3 heteroatoms. The summed E-state index contributed by atoms with van der Waals surface area (Å²) in [4.78, 5) is 12.2. The van der Waals surface area contributed by atoms with Crippen molar-refractivity contribution in [1.29, 1.82) is 0 Å². The Bertz CT molecular complexity index is 498. The van der Waals surface area contributed by atoms with Gasteiger partial charge in [-0.25, -0.2) is 0 Å². The van der Waals surface area contributed by atoms with Crippen LogP contribution in [0.5, 0.6) is 0 Å². The third-order valence-electron chi connectivity index (χ3n) is 4.90. The number of nitrogens with one attached hydrogen (secondary N) is 1. The monoisotopic (exact) mass is 258 g/mol. The molecule has 3 rings (SSSR count). The van der Waals surface area contributed by atoms with Crippen molar-refractivity contribution in [1.82, 2.24) is 5.32 Å². The highest BCUT2D eigenvalue weighted by atomic mass is 16.1. The molecule has 0 radical (unpaired) electrons. The number of anilines is 1. The lowest BCUT2D eigenvalue weighted by molar-refractivity contribution is 0.0941. The maximum atomic E-state index is 12.2. The van der Waals surface area contributed by atoms with Gasteiger partial charge in [0.15, 0.2) is 0 Å². The highest BCUT2D eigenvalue weighted by Gasteiger charge is 2.39. The van der Waals surface area contributed by atoms with Gasteiger partial charge in [-0.3, -0.25) is 4.79 Å². The Kier molecular flexibility index (Phi) is 3.21. The molecule has 1 aromatic carbocycles. The van der Waals surface area contributed by atoms with Crippen LogP contribution in [0.25, 0.3) is 0 Å². The third kappa shape index (κ3) is 2.46. The molecule has 0 saturated heterocycles. The van der Waals surface area contributed by atoms with Crippen molar-refractivity contribution in [2.24, 2.45) is 17.8 Å². The Morgan fingerprint density at radius 1 is 1.37 bits per heavy atom. The summed E-state index contributed by atoms with van der Waals surface area (Å²) in [5.41, 5.74) is 8.12. The summed E-state index contributed by atoms with van der Waals surface area (Å²) in [6, 6.07) is 5.46. The minimum atomic E-state index is 0.0419. The van der Waals surface area contributed by atoms with Gasteiger partial charge in [0, 0.05) is 17.8 Å². The van der Waals surface area contributed by atoms with Gasteiger partial charge < -0.3 is 11.1 Å². The molecule has 0 aromatic heterocycles. The van der Waals surface area contributed by atoms with Crippen LogP contribution in [0.3, 0.4) is 0 Å². The van der Waals surface area contributed by atoms with Crippen molar-refractivity contribution in [2.75, 3.05) is 12.3 Å². The fraction of sp³-hybridized carbons (Fsp3) is 0.562. The van der Waals surface area contributed by atoms with Gasteiger partial charge >= 0.3 is 0 Å². The molecular formula is C16H22N2O. The second-order valence-electron chi connectivity index (χ2n) is 6.22. The number of fused-ring (bicyclic) bond motifs is 2. The SMILES string of the molecule is Cc1cc(N)ccc1C(=O)NCC1CC2CCC1C2. The van der Waals surface area contributed by atoms with Gasteiger partial charge in [-0.1, -0.05) is 6.42 Å². The Hall–Kier alpha value is -1.51. The molecule has 1 amide bonds. The van der Waals surface area contributed by atoms with Crippen molar-refractivity contribution in [3.8, 4) is 0 Å². The molecule has 2 aliphatic rings. The van der Waals surface area contributed by atoms with Crippen LogP contribution in [0.4, 0.5) is 5.69 Å². The van der Waals surface area contributed by atoms with E-state index < -0.39 is 0 Å². The fourth-order valence-electron chi connectivity index (χ4n) is 3.89. The van der Waals surface area contributed by atoms with E-state index in [2.05, 4.69) is 5.32 Å². The minimum absolute atomic E-state index is 0.0419. The summed E-state index contributed by atoms with van der Waals surface area (Å²) in [5.74, 6) is 2.54. The average molecular weight is 258 g/mol. The number of hydrogen-bond acceptors (Lipinski definition) is 2. The molecule has 2 aliphatic carbocycles. The molecule has 2 fully saturated rings. The second-order valence-corrected chi connectivity index (χ2v) is 6.22. The lowest BCUT2D eigenvalue weighted by Crippen LogP contribution is -2.31. The van der Waals surface area contributed by atoms with Crippen molar-refractivity contribution in [3.05, 3.63) is 29.3 Å². The van der Waals surface area contributed by atoms with Crippen LogP contribution < -0.4 is 11.1 Å². The number of nitrogens with two attached hydrogens (primary N) is 1. The van der Waals surface area contributed by atoms with E-state index in [0.717, 1.165) is 29.5 Å². The number of carbonyl (C=O) groups excluding carboxylic acids is 1. The normalized spacial score (nSPS) is 28.6. The first-order valence-electron chi connectivity index (χ1n) is 7.28. The number of amides is 1. The van der Waals surface area contributed by atoms with Crippen molar-refractivity contribution >= 4 is 11.6 Å². The minimum Gasteiger partial charge on any atom is -0.399 e. The van der Waals surface area contributed by atoms with Gasteiger partial charge in [-0.2, -0.15) is 0 Å². The second kappa shape index (κ2) is 4.87. The lowest BCUT2D eigenvalue weighted by Gasteiger charge is -2.22. The van der Waals surface area contributed by atoms with Crippen LogP contribution in [-0.2, 0) is 0 Å². The molecule has 0 aliphatic heterocycles. The smallest absolute Gasteiger partial charge is 0.251 e. The van der Waals surface area contributed by atoms with Crippen molar-refractivity contribution in [2.45, 2.75) is 32.6 Å². The van der Waals surface area contributed by atoms with Crippen molar-refractivity contribution < 1.29 is 4.79 Å². The molecular weight excluding hydrogens is 236 g/mol. The number of hydrogen-bond donors (Lipinski definition) is 2. The number of aryl methyl sites for hydroxylation is 1. The number of benzene rings is 1. The highest BCUT2D eigenvalue weighted by Crippen LogP contribution is 2.47. The quantitative estimate of drug-likeness (QED) is 0.819. The zero-order valence-corrected chi connectivity index (χ0v) is 11.5. The van der Waals surface area contributed by atoms with E-state index in [9.17, 15) is 4.79 Å². The van der Waals surface area contributed by atoms with E-state index in [1.165, 1.54) is 25.7 Å². The maximum Gasteiger partial charge on any atom is 0.251 e. The number of carbonyl (C=O) groups is 1. The van der Waals surface area contributed by atoms with E-state index in [-0.39, 0.29) is 5.91 Å². The van der Waals surface area contributed by atoms with E-state index in [1.54, 1.807) is 6.07 Å². The molecule has 0 heterocycles. The Balaban J connectivity index is 1.59. The fourth-order valence-corrected chi connectivity index (χ4v) is 3.89. The van der Waals surface area contributed by atoms with E-state index >= 15 is 0 Å². The van der Waals surface area contributed by atoms with Gasteiger partial charge in [-0.05, 0) is 67.7 Å². The highest BCUT2D eigenvalue weighted by molar-refractivity contribution is 5.96. The van der Waals surface area contributed by atoms with Crippen LogP contribution in [0.15, 0.2) is 18.2 Å². The zero-order valence-electron chi connectivity index (χ0n) is 11.5. The first kappa shape index (κ1) is 12.5. The summed E-state index contributed by atoms with van der Waals surface area (Å²) in [7, 11) is 0. The summed E-state index contributed by atoms with van der Waals surface area (Å²) in [6.07, 6.45) is 5.48. The van der Waals surface area contributed by atoms with Crippen molar-refractivity contribution in [3.63, 3.8) is 0 Å². The van der Waals surface area contributed by atoms with Crippen LogP contribution >= 0.6 is 0 Å². The summed E-state index contributed by atoms with van der Waals surface area (Å²) in [6.45, 7) is 2.77. The van der Waals surface area contributed by atoms with E-state index in [1.807, 2.05) is 19.1 Å². The van der Waals surface area contributed by atoms with Crippen LogP contribution in [0.1, 0.15) is 41.6 Å². The largest absolute Gasteiger partial charge is 0.399 e. The molecule has 3 nitrogen and oxygen atoms in total. The zero-order chi connectivity index (χ0) is 13.4. The summed E-state index contributed by atoms with van der Waals surface area (Å²) >= 11 is 0. The molecule has 1 aromatic rings. The molecule has 3 N–H and O–H groups in total. The van der Waals surface area contributed by atoms with Gasteiger partial charge in [0.05, 0.1) is 0 Å². The molecule has 2 bridgehead atoms. The first-order valence-corrected chi connectivity index (χ1v) is 7.28. The Morgan fingerprint density at radius 3 is 2.84 bits per heavy atom. The molecule has 0 spiro atoms. The number of nitrogen functional groups attached to an aromatic ring is 1. The molecule has 19 heavy (non-hydrogen) atoms. The molecule has 2 saturated carbocycles. The number of rotatable bonds is 3. The van der Waals surface area contributed by atoms with Crippen LogP contribution in [0, 0.1) is 24.7 Å². The molecule has 3 unspecified atom stereocenters. The van der Waals surface area contributed by atoms with Gasteiger partial charge in [-0.15, -0.1) is 0 Å². The third-order valence-corrected chi connectivity index (χ3v) is 4.90. The Morgan fingerprint density at radius 2 is 2.21 bits per heavy atom. The van der Waals surface area contributed by atoms with Crippen LogP contribution in [-0.4, -0.2) is 12.5 Å². The lowest BCUT2D eigenvalue weighted by atomic mass is 9.89. The van der Waals surface area contributed by atoms with Gasteiger partial charge in [0.1, 0.15) is 0 Å². The molecule has 102 valence electrons. The maximum absolute atomic E-state index is 12.2. The molecule has 3 atom stereocenters. The van der Waals surface area contributed by atoms with Gasteiger partial charge in [0.2, 0.25) is 0 Å². The first-order chi connectivity index (χ1) is 9.13. The summed E-state index contributed by atoms with van der Waals surface area (Å²) < 4.78 is 0. The van der Waals surface area contributed by atoms with E-state index in [4.69, 9.17) is 5.73 Å².